The Morgan fingerprint density at radius 2 is 2.33 bits per heavy atom. The molecule has 0 aromatic rings. The van der Waals surface area contributed by atoms with Crippen molar-refractivity contribution in [1.29, 1.82) is 0 Å². The standard InChI is InChI=1S/C9H20N2O/c1-4-5-11(6-7-12-3)9(2)8-10/h4,9H,1,5-8,10H2,2-3H3. The van der Waals surface area contributed by atoms with Gasteiger partial charge in [-0.1, -0.05) is 6.08 Å². The molecule has 0 aliphatic carbocycles. The molecular formula is C9H20N2O. The molecule has 0 fully saturated rings. The van der Waals surface area contributed by atoms with Crippen molar-refractivity contribution >= 4 is 0 Å². The van der Waals surface area contributed by atoms with Crippen LogP contribution in [0.4, 0.5) is 0 Å². The first-order chi connectivity index (χ1) is 5.76. The highest BCUT2D eigenvalue weighted by Crippen LogP contribution is 1.96. The minimum absolute atomic E-state index is 0.401. The van der Waals surface area contributed by atoms with E-state index in [0.29, 0.717) is 12.6 Å². The second-order valence-corrected chi connectivity index (χ2v) is 2.86. The van der Waals surface area contributed by atoms with Crippen molar-refractivity contribution in [3.63, 3.8) is 0 Å². The van der Waals surface area contributed by atoms with E-state index in [4.69, 9.17) is 10.5 Å². The number of ether oxygens (including phenoxy) is 1. The molecule has 0 spiro atoms. The molecule has 0 rings (SSSR count). The predicted molar refractivity (Wildman–Crippen MR) is 52.2 cm³/mol. The van der Waals surface area contributed by atoms with Crippen LogP contribution in [-0.4, -0.2) is 44.3 Å². The quantitative estimate of drug-likeness (QED) is 0.567. The van der Waals surface area contributed by atoms with Crippen LogP contribution < -0.4 is 5.73 Å². The fourth-order valence-corrected chi connectivity index (χ4v) is 1.02. The zero-order valence-electron chi connectivity index (χ0n) is 8.12. The first kappa shape index (κ1) is 11.6. The molecule has 3 nitrogen and oxygen atoms in total. The summed E-state index contributed by atoms with van der Waals surface area (Å²) in [7, 11) is 1.71. The van der Waals surface area contributed by atoms with E-state index >= 15 is 0 Å². The molecule has 0 aliphatic heterocycles. The van der Waals surface area contributed by atoms with E-state index in [1.807, 2.05) is 6.08 Å². The van der Waals surface area contributed by atoms with E-state index in [9.17, 15) is 0 Å². The van der Waals surface area contributed by atoms with Crippen molar-refractivity contribution in [3.05, 3.63) is 12.7 Å². The summed E-state index contributed by atoms with van der Waals surface area (Å²) < 4.78 is 5.00. The maximum atomic E-state index is 5.56. The first-order valence-electron chi connectivity index (χ1n) is 4.30. The molecule has 0 aliphatic rings. The van der Waals surface area contributed by atoms with Gasteiger partial charge in [-0.05, 0) is 6.92 Å². The number of nitrogens with two attached hydrogens (primary N) is 1. The zero-order chi connectivity index (χ0) is 9.40. The fourth-order valence-electron chi connectivity index (χ4n) is 1.02. The van der Waals surface area contributed by atoms with Gasteiger partial charge in [0.25, 0.3) is 0 Å². The van der Waals surface area contributed by atoms with Crippen LogP contribution in [-0.2, 0) is 4.74 Å². The van der Waals surface area contributed by atoms with Crippen LogP contribution in [0.15, 0.2) is 12.7 Å². The van der Waals surface area contributed by atoms with Crippen molar-refractivity contribution < 1.29 is 4.74 Å². The van der Waals surface area contributed by atoms with Crippen molar-refractivity contribution in [2.75, 3.05) is 33.4 Å². The van der Waals surface area contributed by atoms with E-state index in [1.165, 1.54) is 0 Å². The Kier molecular flexibility index (Phi) is 7.05. The summed E-state index contributed by atoms with van der Waals surface area (Å²) in [6.07, 6.45) is 1.89. The summed E-state index contributed by atoms with van der Waals surface area (Å²) >= 11 is 0. The second-order valence-electron chi connectivity index (χ2n) is 2.86. The number of nitrogens with zero attached hydrogens (tertiary/aromatic N) is 1. The average molecular weight is 172 g/mol. The molecule has 12 heavy (non-hydrogen) atoms. The van der Waals surface area contributed by atoms with Gasteiger partial charge < -0.3 is 10.5 Å². The van der Waals surface area contributed by atoms with E-state index < -0.39 is 0 Å². The van der Waals surface area contributed by atoms with Gasteiger partial charge >= 0.3 is 0 Å². The number of rotatable bonds is 7. The van der Waals surface area contributed by atoms with Gasteiger partial charge in [0.2, 0.25) is 0 Å². The molecule has 2 N–H and O–H groups in total. The van der Waals surface area contributed by atoms with Gasteiger partial charge in [-0.2, -0.15) is 0 Å². The minimum Gasteiger partial charge on any atom is -0.383 e. The third-order valence-corrected chi connectivity index (χ3v) is 1.91. The molecule has 3 heteroatoms. The van der Waals surface area contributed by atoms with Gasteiger partial charge in [-0.25, -0.2) is 0 Å². The topological polar surface area (TPSA) is 38.5 Å². The molecule has 0 aromatic heterocycles. The van der Waals surface area contributed by atoms with Crippen LogP contribution in [0.2, 0.25) is 0 Å². The van der Waals surface area contributed by atoms with Crippen molar-refractivity contribution in [3.8, 4) is 0 Å². The lowest BCUT2D eigenvalue weighted by Crippen LogP contribution is -2.40. The van der Waals surface area contributed by atoms with Crippen molar-refractivity contribution in [1.82, 2.24) is 4.90 Å². The number of hydrogen-bond donors (Lipinski definition) is 1. The summed E-state index contributed by atoms with van der Waals surface area (Å²) in [6, 6.07) is 0.401. The van der Waals surface area contributed by atoms with Gasteiger partial charge in [0.15, 0.2) is 0 Å². The minimum atomic E-state index is 0.401. The molecular weight excluding hydrogens is 152 g/mol. The smallest absolute Gasteiger partial charge is 0.0589 e. The third-order valence-electron chi connectivity index (χ3n) is 1.91. The molecule has 0 saturated carbocycles. The predicted octanol–water partition coefficient (Wildman–Crippen LogP) is 0.468. The summed E-state index contributed by atoms with van der Waals surface area (Å²) in [5, 5.41) is 0. The monoisotopic (exact) mass is 172 g/mol. The zero-order valence-corrected chi connectivity index (χ0v) is 8.12. The Balaban J connectivity index is 3.75. The third kappa shape index (κ3) is 4.49. The van der Waals surface area contributed by atoms with Gasteiger partial charge in [0.05, 0.1) is 6.61 Å². The van der Waals surface area contributed by atoms with Crippen LogP contribution >= 0.6 is 0 Å². The van der Waals surface area contributed by atoms with Crippen molar-refractivity contribution in [2.45, 2.75) is 13.0 Å². The highest BCUT2D eigenvalue weighted by Gasteiger charge is 2.09. The molecule has 1 atom stereocenters. The first-order valence-corrected chi connectivity index (χ1v) is 4.30. The van der Waals surface area contributed by atoms with Crippen LogP contribution in [0.3, 0.4) is 0 Å². The number of hydrogen-bond acceptors (Lipinski definition) is 3. The highest BCUT2D eigenvalue weighted by atomic mass is 16.5. The van der Waals surface area contributed by atoms with E-state index in [0.717, 1.165) is 19.7 Å². The van der Waals surface area contributed by atoms with E-state index in [-0.39, 0.29) is 0 Å². The molecule has 0 heterocycles. The fraction of sp³-hybridized carbons (Fsp3) is 0.778. The normalized spacial score (nSPS) is 13.3. The molecule has 0 bridgehead atoms. The molecule has 0 aromatic carbocycles. The van der Waals surface area contributed by atoms with Crippen molar-refractivity contribution in [2.24, 2.45) is 5.73 Å². The molecule has 0 amide bonds. The largest absolute Gasteiger partial charge is 0.383 e. The van der Waals surface area contributed by atoms with Gasteiger partial charge in [0.1, 0.15) is 0 Å². The van der Waals surface area contributed by atoms with Crippen LogP contribution in [0.5, 0.6) is 0 Å². The second kappa shape index (κ2) is 7.28. The highest BCUT2D eigenvalue weighted by molar-refractivity contribution is 4.77. The van der Waals surface area contributed by atoms with Gasteiger partial charge in [-0.15, -0.1) is 6.58 Å². The van der Waals surface area contributed by atoms with Crippen LogP contribution in [0.1, 0.15) is 6.92 Å². The molecule has 1 unspecified atom stereocenters. The van der Waals surface area contributed by atoms with Crippen LogP contribution in [0.25, 0.3) is 0 Å². The lowest BCUT2D eigenvalue weighted by molar-refractivity contribution is 0.135. The van der Waals surface area contributed by atoms with Crippen LogP contribution in [0, 0.1) is 0 Å². The summed E-state index contributed by atoms with van der Waals surface area (Å²) in [6.45, 7) is 9.03. The summed E-state index contributed by atoms with van der Waals surface area (Å²) in [5.41, 5.74) is 5.56. The summed E-state index contributed by atoms with van der Waals surface area (Å²) in [4.78, 5) is 2.25. The Morgan fingerprint density at radius 3 is 2.75 bits per heavy atom. The molecule has 72 valence electrons. The van der Waals surface area contributed by atoms with Gasteiger partial charge in [-0.3, -0.25) is 4.90 Å². The Hall–Kier alpha value is -0.380. The summed E-state index contributed by atoms with van der Waals surface area (Å²) in [5.74, 6) is 0. The lowest BCUT2D eigenvalue weighted by Gasteiger charge is -2.26. The van der Waals surface area contributed by atoms with E-state index in [2.05, 4.69) is 18.4 Å². The SMILES string of the molecule is C=CCN(CCOC)C(C)CN. The Morgan fingerprint density at radius 1 is 1.67 bits per heavy atom. The molecule has 0 radical (unpaired) electrons. The Bertz CT molecular complexity index is 117. The maximum Gasteiger partial charge on any atom is 0.0589 e. The number of methoxy groups -OCH3 is 1. The maximum absolute atomic E-state index is 5.56. The lowest BCUT2D eigenvalue weighted by atomic mass is 10.3. The Labute approximate surface area is 75.2 Å². The molecule has 0 saturated heterocycles. The van der Waals surface area contributed by atoms with E-state index in [1.54, 1.807) is 7.11 Å². The average Bonchev–Trinajstić information content (AvgIpc) is 2.11. The van der Waals surface area contributed by atoms with Gasteiger partial charge in [0, 0.05) is 32.8 Å².